The van der Waals surface area contributed by atoms with Crippen LogP contribution < -0.4 is 5.32 Å². The summed E-state index contributed by atoms with van der Waals surface area (Å²) >= 11 is 0. The molecule has 2 rings (SSSR count). The van der Waals surface area contributed by atoms with Gasteiger partial charge in [-0.25, -0.2) is 0 Å². The summed E-state index contributed by atoms with van der Waals surface area (Å²) < 4.78 is 0. The Labute approximate surface area is 144 Å². The first kappa shape index (κ1) is 18.5. The lowest BCUT2D eigenvalue weighted by molar-refractivity contribution is -0.142. The van der Waals surface area contributed by atoms with Crippen molar-refractivity contribution in [3.05, 3.63) is 35.9 Å². The summed E-state index contributed by atoms with van der Waals surface area (Å²) in [5, 5.41) is 13.4. The van der Waals surface area contributed by atoms with Gasteiger partial charge < -0.3 is 15.3 Å². The number of hydrogen-bond donors (Lipinski definition) is 2. The van der Waals surface area contributed by atoms with Gasteiger partial charge in [0.25, 0.3) is 0 Å². The Hall–Kier alpha value is -1.88. The van der Waals surface area contributed by atoms with Crippen molar-refractivity contribution in [3.8, 4) is 0 Å². The van der Waals surface area contributed by atoms with Crippen LogP contribution in [0.3, 0.4) is 0 Å². The number of likely N-dealkylation sites (tertiary alicyclic amines) is 1. The van der Waals surface area contributed by atoms with E-state index in [-0.39, 0.29) is 18.4 Å². The molecule has 0 radical (unpaired) electrons. The topological polar surface area (TPSA) is 69.6 Å². The largest absolute Gasteiger partial charge is 0.384 e. The van der Waals surface area contributed by atoms with Crippen molar-refractivity contribution < 1.29 is 14.7 Å². The number of aliphatic hydroxyl groups is 1. The monoisotopic (exact) mass is 332 g/mol. The van der Waals surface area contributed by atoms with E-state index in [1.165, 1.54) is 0 Å². The number of nitrogens with one attached hydrogen (secondary N) is 1. The molecule has 0 saturated carbocycles. The summed E-state index contributed by atoms with van der Waals surface area (Å²) in [7, 11) is 0. The Morgan fingerprint density at radius 2 is 2.00 bits per heavy atom. The van der Waals surface area contributed by atoms with Gasteiger partial charge in [-0.15, -0.1) is 0 Å². The van der Waals surface area contributed by atoms with Crippen molar-refractivity contribution in [3.63, 3.8) is 0 Å². The first-order valence-electron chi connectivity index (χ1n) is 8.81. The van der Waals surface area contributed by atoms with Crippen molar-refractivity contribution in [2.75, 3.05) is 13.1 Å². The molecule has 0 aromatic heterocycles. The third kappa shape index (κ3) is 4.57. The number of carbonyl (C=O) groups excluding carboxylic acids is 2. The van der Waals surface area contributed by atoms with Crippen LogP contribution in [0.1, 0.15) is 51.5 Å². The molecule has 24 heavy (non-hydrogen) atoms. The van der Waals surface area contributed by atoms with Gasteiger partial charge in [0, 0.05) is 13.0 Å². The molecule has 1 aromatic carbocycles. The molecule has 1 heterocycles. The molecular formula is C19H28N2O3. The van der Waals surface area contributed by atoms with Crippen LogP contribution in [0.25, 0.3) is 0 Å². The highest BCUT2D eigenvalue weighted by atomic mass is 16.3. The number of benzene rings is 1. The number of carbonyl (C=O) groups is 2. The smallest absolute Gasteiger partial charge is 0.242 e. The molecule has 1 aliphatic rings. The first-order chi connectivity index (χ1) is 11.5. The summed E-state index contributed by atoms with van der Waals surface area (Å²) in [5.74, 6) is -0.123. The van der Waals surface area contributed by atoms with Gasteiger partial charge in [-0.2, -0.15) is 0 Å². The zero-order chi connectivity index (χ0) is 17.6. The molecule has 0 bridgehead atoms. The molecule has 1 saturated heterocycles. The fourth-order valence-electron chi connectivity index (χ4n) is 3.14. The van der Waals surface area contributed by atoms with Gasteiger partial charge in [0.2, 0.25) is 11.8 Å². The Balaban J connectivity index is 1.98. The second-order valence-electron chi connectivity index (χ2n) is 6.71. The third-order valence-electron chi connectivity index (χ3n) is 4.59. The summed E-state index contributed by atoms with van der Waals surface area (Å²) in [6.45, 7) is 4.42. The first-order valence-corrected chi connectivity index (χ1v) is 8.81. The van der Waals surface area contributed by atoms with Crippen LogP contribution >= 0.6 is 0 Å². The van der Waals surface area contributed by atoms with Gasteiger partial charge in [0.05, 0.1) is 6.54 Å². The summed E-state index contributed by atoms with van der Waals surface area (Å²) in [5.41, 5.74) is -0.378. The van der Waals surface area contributed by atoms with Crippen molar-refractivity contribution in [1.82, 2.24) is 10.2 Å². The quantitative estimate of drug-likeness (QED) is 0.839. The predicted molar refractivity (Wildman–Crippen MR) is 93.3 cm³/mol. The van der Waals surface area contributed by atoms with E-state index in [0.717, 1.165) is 24.8 Å². The zero-order valence-electron chi connectivity index (χ0n) is 14.6. The van der Waals surface area contributed by atoms with Gasteiger partial charge >= 0.3 is 0 Å². The van der Waals surface area contributed by atoms with Crippen molar-refractivity contribution in [2.24, 2.45) is 0 Å². The molecule has 1 fully saturated rings. The van der Waals surface area contributed by atoms with Crippen LogP contribution in [0.5, 0.6) is 0 Å². The SMILES string of the molecule is CCCC(=O)N1CCCCC1C(=O)NCC(C)(O)c1ccccc1. The molecule has 0 aliphatic carbocycles. The molecule has 1 aliphatic heterocycles. The van der Waals surface area contributed by atoms with Gasteiger partial charge in [0.15, 0.2) is 0 Å². The summed E-state index contributed by atoms with van der Waals surface area (Å²) in [6, 6.07) is 8.87. The minimum Gasteiger partial charge on any atom is -0.384 e. The van der Waals surface area contributed by atoms with E-state index in [0.29, 0.717) is 19.4 Å². The molecular weight excluding hydrogens is 304 g/mol. The summed E-state index contributed by atoms with van der Waals surface area (Å²) in [6.07, 6.45) is 3.84. The number of amides is 2. The van der Waals surface area contributed by atoms with Crippen LogP contribution in [-0.2, 0) is 15.2 Å². The standard InChI is InChI=1S/C19H28N2O3/c1-3-9-17(22)21-13-8-7-12-16(21)18(23)20-14-19(2,24)15-10-5-4-6-11-15/h4-6,10-11,16,24H,3,7-9,12-14H2,1-2H3,(H,20,23). The van der Waals surface area contributed by atoms with Gasteiger partial charge in [0.1, 0.15) is 11.6 Å². The van der Waals surface area contributed by atoms with E-state index in [4.69, 9.17) is 0 Å². The van der Waals surface area contributed by atoms with Gasteiger partial charge in [-0.1, -0.05) is 37.3 Å². The average Bonchev–Trinajstić information content (AvgIpc) is 2.61. The second-order valence-corrected chi connectivity index (χ2v) is 6.71. The van der Waals surface area contributed by atoms with Crippen LogP contribution in [0.4, 0.5) is 0 Å². The highest BCUT2D eigenvalue weighted by molar-refractivity contribution is 5.87. The van der Waals surface area contributed by atoms with Crippen molar-refractivity contribution in [1.29, 1.82) is 0 Å². The Bertz CT molecular complexity index is 557. The predicted octanol–water partition coefficient (Wildman–Crippen LogP) is 2.19. The van der Waals surface area contributed by atoms with Gasteiger partial charge in [-0.05, 0) is 38.2 Å². The molecule has 2 N–H and O–H groups in total. The van der Waals surface area contributed by atoms with Crippen molar-refractivity contribution in [2.45, 2.75) is 57.6 Å². The number of nitrogens with zero attached hydrogens (tertiary/aromatic N) is 1. The molecule has 2 amide bonds. The molecule has 1 aromatic rings. The van der Waals surface area contributed by atoms with Crippen molar-refractivity contribution >= 4 is 11.8 Å². The van der Waals surface area contributed by atoms with E-state index in [1.54, 1.807) is 11.8 Å². The van der Waals surface area contributed by atoms with Crippen LogP contribution in [-0.4, -0.2) is 41.0 Å². The maximum atomic E-state index is 12.6. The van der Waals surface area contributed by atoms with E-state index >= 15 is 0 Å². The number of hydrogen-bond acceptors (Lipinski definition) is 3. The normalized spacial score (nSPS) is 20.3. The molecule has 2 unspecified atom stereocenters. The van der Waals surface area contributed by atoms with Crippen LogP contribution in [0, 0.1) is 0 Å². The molecule has 5 nitrogen and oxygen atoms in total. The zero-order valence-corrected chi connectivity index (χ0v) is 14.6. The fourth-order valence-corrected chi connectivity index (χ4v) is 3.14. The Morgan fingerprint density at radius 1 is 1.29 bits per heavy atom. The lowest BCUT2D eigenvalue weighted by Crippen LogP contribution is -2.53. The average molecular weight is 332 g/mol. The van der Waals surface area contributed by atoms with E-state index in [1.807, 2.05) is 37.3 Å². The van der Waals surface area contributed by atoms with E-state index in [9.17, 15) is 14.7 Å². The molecule has 5 heteroatoms. The minimum absolute atomic E-state index is 0.0483. The highest BCUT2D eigenvalue weighted by Crippen LogP contribution is 2.21. The van der Waals surface area contributed by atoms with Gasteiger partial charge in [-0.3, -0.25) is 9.59 Å². The number of piperidine rings is 1. The maximum Gasteiger partial charge on any atom is 0.242 e. The van der Waals surface area contributed by atoms with Crippen LogP contribution in [0.2, 0.25) is 0 Å². The van der Waals surface area contributed by atoms with Crippen LogP contribution in [0.15, 0.2) is 30.3 Å². The lowest BCUT2D eigenvalue weighted by Gasteiger charge is -2.35. The maximum absolute atomic E-state index is 12.6. The second kappa shape index (κ2) is 8.29. The van der Waals surface area contributed by atoms with E-state index in [2.05, 4.69) is 5.32 Å². The Morgan fingerprint density at radius 3 is 2.67 bits per heavy atom. The third-order valence-corrected chi connectivity index (χ3v) is 4.59. The number of rotatable bonds is 6. The minimum atomic E-state index is -1.14. The summed E-state index contributed by atoms with van der Waals surface area (Å²) in [4.78, 5) is 26.5. The lowest BCUT2D eigenvalue weighted by atomic mass is 9.95. The highest BCUT2D eigenvalue weighted by Gasteiger charge is 2.33. The molecule has 132 valence electrons. The van der Waals surface area contributed by atoms with E-state index < -0.39 is 11.6 Å². The molecule has 0 spiro atoms. The fraction of sp³-hybridized carbons (Fsp3) is 0.579. The Kier molecular flexibility index (Phi) is 6.37. The molecule has 2 atom stereocenters.